The van der Waals surface area contributed by atoms with E-state index in [9.17, 15) is 0 Å². The molecule has 0 aromatic carbocycles. The van der Waals surface area contributed by atoms with Gasteiger partial charge in [0.05, 0.1) is 0 Å². The predicted octanol–water partition coefficient (Wildman–Crippen LogP) is -0.677. The van der Waals surface area contributed by atoms with Crippen molar-refractivity contribution >= 4 is 36.7 Å². The lowest BCUT2D eigenvalue weighted by Crippen LogP contribution is -2.52. The molecule has 0 aromatic heterocycles. The van der Waals surface area contributed by atoms with Crippen molar-refractivity contribution in [3.05, 3.63) is 0 Å². The third-order valence-corrected chi connectivity index (χ3v) is 2.27. The highest BCUT2D eigenvalue weighted by atomic mass is 35.5. The molecule has 0 aliphatic rings. The van der Waals surface area contributed by atoms with Crippen LogP contribution >= 0.6 is 24.8 Å². The second-order valence-electron chi connectivity index (χ2n) is 3.91. The number of nitrogens with one attached hydrogen (secondary N) is 2. The standard InChI is InChI=1S/C10H26N8.2ClH/c11-5-1-3-7-16-10(15)17-18(9(13)14)8-4-2-6-12;;/h1-8,11-12H2,(H3,13,14)(H3,15,16,17);2*1H. The Balaban J connectivity index is -0.00000144. The second kappa shape index (κ2) is 16.1. The Bertz CT molecular complexity index is 262. The van der Waals surface area contributed by atoms with Crippen LogP contribution < -0.4 is 28.4 Å². The summed E-state index contributed by atoms with van der Waals surface area (Å²) in [7, 11) is 0. The Hall–Kier alpha value is -0.960. The van der Waals surface area contributed by atoms with Gasteiger partial charge in [-0.3, -0.25) is 20.8 Å². The number of guanidine groups is 2. The normalized spacial score (nSPS) is 10.2. The van der Waals surface area contributed by atoms with E-state index < -0.39 is 0 Å². The summed E-state index contributed by atoms with van der Waals surface area (Å²) in [5.74, 6) is 0.169. The first-order valence-electron chi connectivity index (χ1n) is 6.20. The van der Waals surface area contributed by atoms with Crippen LogP contribution in [0.5, 0.6) is 0 Å². The number of halogens is 2. The number of aliphatic imine (C=N–C) groups is 1. The smallest absolute Gasteiger partial charge is 0.207 e. The first-order chi connectivity index (χ1) is 8.61. The molecule has 0 unspecified atom stereocenters. The fourth-order valence-corrected chi connectivity index (χ4v) is 1.28. The molecule has 0 bridgehead atoms. The highest BCUT2D eigenvalue weighted by molar-refractivity contribution is 5.85. The first-order valence-corrected chi connectivity index (χ1v) is 6.20. The Morgan fingerprint density at radius 3 is 2.05 bits per heavy atom. The van der Waals surface area contributed by atoms with Crippen molar-refractivity contribution < 1.29 is 0 Å². The van der Waals surface area contributed by atoms with Gasteiger partial charge in [-0.25, -0.2) is 0 Å². The van der Waals surface area contributed by atoms with Crippen LogP contribution in [0.3, 0.4) is 0 Å². The number of unbranched alkanes of at least 4 members (excludes halogenated alkanes) is 2. The van der Waals surface area contributed by atoms with Crippen molar-refractivity contribution in [3.63, 3.8) is 0 Å². The third-order valence-electron chi connectivity index (χ3n) is 2.27. The molecule has 0 amide bonds. The molecule has 0 heterocycles. The molecule has 20 heavy (non-hydrogen) atoms. The summed E-state index contributed by atoms with van der Waals surface area (Å²) in [4.78, 5) is 4.12. The van der Waals surface area contributed by atoms with Crippen molar-refractivity contribution in [3.8, 4) is 0 Å². The number of nitrogens with two attached hydrogens (primary N) is 4. The number of hydrazine groups is 1. The maximum atomic E-state index is 7.41. The van der Waals surface area contributed by atoms with Crippen LogP contribution in [-0.4, -0.2) is 43.1 Å². The summed E-state index contributed by atoms with van der Waals surface area (Å²) in [6, 6.07) is 0. The summed E-state index contributed by atoms with van der Waals surface area (Å²) >= 11 is 0. The van der Waals surface area contributed by atoms with E-state index in [1.54, 1.807) is 0 Å². The molecule has 0 saturated carbocycles. The molecule has 0 atom stereocenters. The van der Waals surface area contributed by atoms with Crippen LogP contribution in [0.15, 0.2) is 4.99 Å². The molecule has 0 aliphatic carbocycles. The SMILES string of the molecule is Cl.Cl.N=C(N)N(CCCCN)NC(N)=NCCCCN. The lowest BCUT2D eigenvalue weighted by Gasteiger charge is -2.23. The monoisotopic (exact) mass is 330 g/mol. The van der Waals surface area contributed by atoms with Crippen molar-refractivity contribution in [1.82, 2.24) is 10.4 Å². The highest BCUT2D eigenvalue weighted by Crippen LogP contribution is 1.91. The van der Waals surface area contributed by atoms with Crippen LogP contribution in [-0.2, 0) is 0 Å². The number of hydrogen-bond donors (Lipinski definition) is 6. The third kappa shape index (κ3) is 13.5. The van der Waals surface area contributed by atoms with Crippen molar-refractivity contribution in [2.75, 3.05) is 26.2 Å². The molecule has 0 aliphatic heterocycles. The predicted molar refractivity (Wildman–Crippen MR) is 89.3 cm³/mol. The first kappa shape index (κ1) is 24.1. The van der Waals surface area contributed by atoms with Crippen LogP contribution in [0.25, 0.3) is 0 Å². The van der Waals surface area contributed by atoms with Gasteiger partial charge in [-0.1, -0.05) is 0 Å². The van der Waals surface area contributed by atoms with Gasteiger partial charge in [-0.05, 0) is 38.8 Å². The molecular formula is C10H28Cl2N8. The van der Waals surface area contributed by atoms with E-state index in [4.69, 9.17) is 28.3 Å². The quantitative estimate of drug-likeness (QED) is 0.150. The summed E-state index contributed by atoms with van der Waals surface area (Å²) in [5.41, 5.74) is 24.7. The van der Waals surface area contributed by atoms with Gasteiger partial charge in [0, 0.05) is 13.1 Å². The summed E-state index contributed by atoms with van der Waals surface area (Å²) < 4.78 is 0. The molecule has 10 N–H and O–H groups in total. The molecule has 0 radical (unpaired) electrons. The zero-order chi connectivity index (χ0) is 13.8. The number of hydrogen-bond acceptors (Lipinski definition) is 4. The second-order valence-corrected chi connectivity index (χ2v) is 3.91. The van der Waals surface area contributed by atoms with Gasteiger partial charge in [0.1, 0.15) is 0 Å². The molecule has 0 saturated heterocycles. The topological polar surface area (TPSA) is 156 Å². The van der Waals surface area contributed by atoms with E-state index >= 15 is 0 Å². The minimum atomic E-state index is -0.0906. The summed E-state index contributed by atoms with van der Waals surface area (Å²) in [6.07, 6.45) is 3.53. The Kier molecular flexibility index (Phi) is 19.4. The fraction of sp³-hybridized carbons (Fsp3) is 0.800. The van der Waals surface area contributed by atoms with Gasteiger partial charge in [0.2, 0.25) is 11.9 Å². The zero-order valence-electron chi connectivity index (χ0n) is 11.7. The van der Waals surface area contributed by atoms with Gasteiger partial charge in [0.15, 0.2) is 0 Å². The lowest BCUT2D eigenvalue weighted by molar-refractivity contribution is 0.357. The van der Waals surface area contributed by atoms with Crippen LogP contribution in [0, 0.1) is 5.41 Å². The largest absolute Gasteiger partial charge is 0.369 e. The minimum Gasteiger partial charge on any atom is -0.369 e. The van der Waals surface area contributed by atoms with Crippen LogP contribution in [0.1, 0.15) is 25.7 Å². The molecule has 122 valence electrons. The van der Waals surface area contributed by atoms with Crippen molar-refractivity contribution in [2.24, 2.45) is 27.9 Å². The van der Waals surface area contributed by atoms with Crippen molar-refractivity contribution in [1.29, 1.82) is 5.41 Å². The molecule has 0 rings (SSSR count). The maximum absolute atomic E-state index is 7.41. The Labute approximate surface area is 133 Å². The van der Waals surface area contributed by atoms with Gasteiger partial charge in [-0.15, -0.1) is 24.8 Å². The number of nitrogens with zero attached hydrogens (tertiary/aromatic N) is 2. The average molecular weight is 331 g/mol. The van der Waals surface area contributed by atoms with E-state index in [0.717, 1.165) is 25.7 Å². The maximum Gasteiger partial charge on any atom is 0.207 e. The lowest BCUT2D eigenvalue weighted by atomic mass is 10.3. The molecule has 10 heteroatoms. The summed E-state index contributed by atoms with van der Waals surface area (Å²) in [6.45, 7) is 2.46. The summed E-state index contributed by atoms with van der Waals surface area (Å²) in [5, 5.41) is 8.86. The van der Waals surface area contributed by atoms with Crippen molar-refractivity contribution in [2.45, 2.75) is 25.7 Å². The molecule has 0 fully saturated rings. The van der Waals surface area contributed by atoms with Crippen LogP contribution in [0.2, 0.25) is 0 Å². The molecule has 0 spiro atoms. The molecular weight excluding hydrogens is 303 g/mol. The molecule has 0 aromatic rings. The minimum absolute atomic E-state index is 0. The molecule has 8 nitrogen and oxygen atoms in total. The van der Waals surface area contributed by atoms with Crippen LogP contribution in [0.4, 0.5) is 0 Å². The van der Waals surface area contributed by atoms with Gasteiger partial charge in [0.25, 0.3) is 0 Å². The fourth-order valence-electron chi connectivity index (χ4n) is 1.28. The van der Waals surface area contributed by atoms with Gasteiger partial charge < -0.3 is 22.9 Å². The van der Waals surface area contributed by atoms with E-state index in [2.05, 4.69) is 10.4 Å². The van der Waals surface area contributed by atoms with E-state index in [-0.39, 0.29) is 36.7 Å². The highest BCUT2D eigenvalue weighted by Gasteiger charge is 2.06. The number of rotatable bonds is 8. The van der Waals surface area contributed by atoms with E-state index in [0.29, 0.717) is 26.2 Å². The van der Waals surface area contributed by atoms with E-state index in [1.807, 2.05) is 0 Å². The Morgan fingerprint density at radius 1 is 1.00 bits per heavy atom. The van der Waals surface area contributed by atoms with Gasteiger partial charge >= 0.3 is 0 Å². The van der Waals surface area contributed by atoms with Gasteiger partial charge in [-0.2, -0.15) is 0 Å². The Morgan fingerprint density at radius 2 is 1.55 bits per heavy atom. The zero-order valence-corrected chi connectivity index (χ0v) is 13.3. The van der Waals surface area contributed by atoms with E-state index in [1.165, 1.54) is 5.01 Å². The average Bonchev–Trinajstić information content (AvgIpc) is 2.33.